The van der Waals surface area contributed by atoms with Crippen LogP contribution in [0.2, 0.25) is 10.0 Å². The summed E-state index contributed by atoms with van der Waals surface area (Å²) in [5.74, 6) is 0.361. The summed E-state index contributed by atoms with van der Waals surface area (Å²) in [4.78, 5) is 32.8. The van der Waals surface area contributed by atoms with Crippen molar-refractivity contribution in [3.63, 3.8) is 0 Å². The zero-order valence-electron chi connectivity index (χ0n) is 14.8. The number of likely N-dealkylation sites (N-methyl/N-ethyl adjacent to an activating group) is 1. The second kappa shape index (κ2) is 8.08. The van der Waals surface area contributed by atoms with Crippen LogP contribution in [0.4, 0.5) is 5.69 Å². The maximum absolute atomic E-state index is 12.3. The molecule has 0 saturated heterocycles. The lowest BCUT2D eigenvalue weighted by Crippen LogP contribution is -3.10. The molecule has 0 aliphatic rings. The summed E-state index contributed by atoms with van der Waals surface area (Å²) < 4.78 is 0. The van der Waals surface area contributed by atoms with Crippen LogP contribution in [-0.4, -0.2) is 29.5 Å². The van der Waals surface area contributed by atoms with Gasteiger partial charge in [-0.05, 0) is 37.3 Å². The lowest BCUT2D eigenvalue weighted by Gasteiger charge is -2.20. The number of carbonyl (C=O) groups is 1. The number of hydrogen-bond donors (Lipinski definition) is 3. The number of H-pyrrole nitrogens is 1. The molecule has 0 spiro atoms. The molecule has 6 nitrogen and oxygen atoms in total. The average Bonchev–Trinajstić information content (AvgIpc) is 2.64. The summed E-state index contributed by atoms with van der Waals surface area (Å²) in [6.07, 6.45) is 0. The van der Waals surface area contributed by atoms with E-state index in [4.69, 9.17) is 23.2 Å². The molecule has 0 aliphatic carbocycles. The minimum atomic E-state index is -0.185. The minimum Gasteiger partial charge on any atom is -0.321 e. The Hall–Kier alpha value is -2.41. The molecule has 3 aromatic rings. The Morgan fingerprint density at radius 2 is 1.96 bits per heavy atom. The summed E-state index contributed by atoms with van der Waals surface area (Å²) in [6.45, 7) is 2.10. The van der Waals surface area contributed by atoms with Crippen molar-refractivity contribution in [2.75, 3.05) is 18.9 Å². The number of fused-ring (bicyclic) bond motifs is 1. The van der Waals surface area contributed by atoms with Crippen molar-refractivity contribution >= 4 is 45.7 Å². The van der Waals surface area contributed by atoms with Gasteiger partial charge in [0, 0.05) is 5.69 Å². The van der Waals surface area contributed by atoms with Gasteiger partial charge in [-0.1, -0.05) is 35.3 Å². The number of halogens is 2. The number of rotatable bonds is 5. The zero-order chi connectivity index (χ0) is 19.6. The van der Waals surface area contributed by atoms with Gasteiger partial charge in [0.1, 0.15) is 6.04 Å². The van der Waals surface area contributed by atoms with Gasteiger partial charge in [-0.3, -0.25) is 9.59 Å². The van der Waals surface area contributed by atoms with Crippen molar-refractivity contribution in [2.24, 2.45) is 0 Å². The predicted octanol–water partition coefficient (Wildman–Crippen LogP) is 2.44. The second-order valence-electron chi connectivity index (χ2n) is 6.39. The maximum atomic E-state index is 12.3. The first-order chi connectivity index (χ1) is 12.8. The van der Waals surface area contributed by atoms with E-state index < -0.39 is 0 Å². The van der Waals surface area contributed by atoms with Gasteiger partial charge < -0.3 is 15.2 Å². The van der Waals surface area contributed by atoms with Crippen LogP contribution in [0.25, 0.3) is 10.9 Å². The van der Waals surface area contributed by atoms with Gasteiger partial charge in [0.05, 0.1) is 28.0 Å². The summed E-state index contributed by atoms with van der Waals surface area (Å²) in [7, 11) is 1.87. The molecule has 1 heterocycles. The Morgan fingerprint density at radius 1 is 1.22 bits per heavy atom. The molecule has 0 bridgehead atoms. The molecule has 2 aromatic carbocycles. The third-order valence-electron chi connectivity index (χ3n) is 4.42. The molecule has 1 aromatic heterocycles. The van der Waals surface area contributed by atoms with Crippen molar-refractivity contribution in [2.45, 2.75) is 13.0 Å². The molecular formula is C19H19Cl2N4O2+. The van der Waals surface area contributed by atoms with Gasteiger partial charge in [-0.2, -0.15) is 0 Å². The van der Waals surface area contributed by atoms with Crippen molar-refractivity contribution < 1.29 is 9.69 Å². The van der Waals surface area contributed by atoms with E-state index in [1.165, 1.54) is 0 Å². The van der Waals surface area contributed by atoms with Crippen LogP contribution in [-0.2, 0) is 4.79 Å². The third kappa shape index (κ3) is 4.47. The van der Waals surface area contributed by atoms with Crippen LogP contribution >= 0.6 is 23.2 Å². The number of quaternary nitrogens is 1. The van der Waals surface area contributed by atoms with E-state index in [0.717, 1.165) is 4.90 Å². The van der Waals surface area contributed by atoms with E-state index in [-0.39, 0.29) is 24.1 Å². The molecule has 27 heavy (non-hydrogen) atoms. The third-order valence-corrected chi connectivity index (χ3v) is 5.16. The SMILES string of the molecule is C[C@@H](c1nc2ccccc2c(=O)[nH]1)[NH+](C)CC(=O)Nc1ccc(Cl)c(Cl)c1. The van der Waals surface area contributed by atoms with Crippen molar-refractivity contribution in [1.29, 1.82) is 0 Å². The van der Waals surface area contributed by atoms with Gasteiger partial charge in [0.25, 0.3) is 11.5 Å². The molecule has 0 fully saturated rings. The summed E-state index contributed by atoms with van der Waals surface area (Å²) >= 11 is 11.8. The Kier molecular flexibility index (Phi) is 5.79. The number of carbonyl (C=O) groups excluding carboxylic acids is 1. The Labute approximate surface area is 166 Å². The Balaban J connectivity index is 1.71. The number of hydrogen-bond acceptors (Lipinski definition) is 3. The van der Waals surface area contributed by atoms with Crippen LogP contribution < -0.4 is 15.8 Å². The smallest absolute Gasteiger partial charge is 0.279 e. The normalized spacial score (nSPS) is 13.3. The first-order valence-corrected chi connectivity index (χ1v) is 9.17. The van der Waals surface area contributed by atoms with Crippen LogP contribution in [0, 0.1) is 0 Å². The minimum absolute atomic E-state index is 0.179. The van der Waals surface area contributed by atoms with Crippen molar-refractivity contribution in [3.05, 3.63) is 68.7 Å². The van der Waals surface area contributed by atoms with Gasteiger partial charge >= 0.3 is 0 Å². The van der Waals surface area contributed by atoms with E-state index in [9.17, 15) is 9.59 Å². The zero-order valence-corrected chi connectivity index (χ0v) is 16.4. The first-order valence-electron chi connectivity index (χ1n) is 8.41. The van der Waals surface area contributed by atoms with E-state index in [1.54, 1.807) is 36.4 Å². The largest absolute Gasteiger partial charge is 0.321 e. The molecule has 140 valence electrons. The highest BCUT2D eigenvalue weighted by Crippen LogP contribution is 2.24. The average molecular weight is 406 g/mol. The molecule has 1 amide bonds. The lowest BCUT2D eigenvalue weighted by molar-refractivity contribution is -0.902. The fourth-order valence-corrected chi connectivity index (χ4v) is 3.03. The van der Waals surface area contributed by atoms with Gasteiger partial charge in [0.15, 0.2) is 12.4 Å². The molecule has 1 unspecified atom stereocenters. The summed E-state index contributed by atoms with van der Waals surface area (Å²) in [5, 5.41) is 4.14. The number of aromatic nitrogens is 2. The lowest BCUT2D eigenvalue weighted by atomic mass is 10.2. The number of nitrogens with zero attached hydrogens (tertiary/aromatic N) is 1. The summed E-state index contributed by atoms with van der Waals surface area (Å²) in [5.41, 5.74) is 1.03. The molecule has 3 rings (SSSR count). The van der Waals surface area contributed by atoms with E-state index in [1.807, 2.05) is 20.0 Å². The fraction of sp³-hybridized carbons (Fsp3) is 0.211. The summed E-state index contributed by atoms with van der Waals surface area (Å²) in [6, 6.07) is 11.9. The van der Waals surface area contributed by atoms with Gasteiger partial charge in [-0.25, -0.2) is 4.98 Å². The quantitative estimate of drug-likeness (QED) is 0.609. The van der Waals surface area contributed by atoms with E-state index >= 15 is 0 Å². The highest BCUT2D eigenvalue weighted by atomic mass is 35.5. The molecule has 0 saturated carbocycles. The standard InChI is InChI=1S/C19H18Cl2N4O2/c1-11(18-23-16-6-4-3-5-13(16)19(27)24-18)25(2)10-17(26)22-12-7-8-14(20)15(21)9-12/h3-9,11H,10H2,1-2H3,(H,22,26)(H,23,24,27)/p+1/t11-/m0/s1. The first kappa shape index (κ1) is 19.4. The molecule has 2 atom stereocenters. The number of amides is 1. The topological polar surface area (TPSA) is 79.3 Å². The van der Waals surface area contributed by atoms with Crippen LogP contribution in [0.15, 0.2) is 47.3 Å². The fourth-order valence-electron chi connectivity index (χ4n) is 2.73. The number of benzene rings is 2. The van der Waals surface area contributed by atoms with Crippen LogP contribution in [0.5, 0.6) is 0 Å². The highest BCUT2D eigenvalue weighted by Gasteiger charge is 2.21. The number of aromatic amines is 1. The Morgan fingerprint density at radius 3 is 2.70 bits per heavy atom. The van der Waals surface area contributed by atoms with Crippen molar-refractivity contribution in [1.82, 2.24) is 9.97 Å². The number of nitrogens with one attached hydrogen (secondary N) is 3. The highest BCUT2D eigenvalue weighted by molar-refractivity contribution is 6.42. The van der Waals surface area contributed by atoms with Crippen LogP contribution in [0.3, 0.4) is 0 Å². The van der Waals surface area contributed by atoms with Gasteiger partial charge in [0.2, 0.25) is 0 Å². The Bertz CT molecular complexity index is 1050. The van der Waals surface area contributed by atoms with Crippen LogP contribution in [0.1, 0.15) is 18.8 Å². The molecule has 0 aliphatic heterocycles. The number of para-hydroxylation sites is 1. The molecular weight excluding hydrogens is 387 g/mol. The monoisotopic (exact) mass is 405 g/mol. The van der Waals surface area contributed by atoms with E-state index in [0.29, 0.717) is 32.5 Å². The maximum Gasteiger partial charge on any atom is 0.279 e. The van der Waals surface area contributed by atoms with E-state index in [2.05, 4.69) is 15.3 Å². The number of anilines is 1. The second-order valence-corrected chi connectivity index (χ2v) is 7.20. The van der Waals surface area contributed by atoms with Gasteiger partial charge in [-0.15, -0.1) is 0 Å². The van der Waals surface area contributed by atoms with Crippen molar-refractivity contribution in [3.8, 4) is 0 Å². The molecule has 8 heteroatoms. The molecule has 3 N–H and O–H groups in total. The molecule has 0 radical (unpaired) electrons. The predicted molar refractivity (Wildman–Crippen MR) is 108 cm³/mol.